The third-order valence-electron chi connectivity index (χ3n) is 6.29. The molecule has 0 saturated carbocycles. The van der Waals surface area contributed by atoms with Crippen molar-refractivity contribution in [2.75, 3.05) is 31.6 Å². The summed E-state index contributed by atoms with van der Waals surface area (Å²) in [6.45, 7) is 3.91. The van der Waals surface area contributed by atoms with Gasteiger partial charge in [-0.15, -0.1) is 24.0 Å². The molecule has 0 aliphatic carbocycles. The number of hydrogen-bond donors (Lipinski definition) is 2. The molecular weight excluding hydrogens is 532 g/mol. The lowest BCUT2D eigenvalue weighted by molar-refractivity contribution is -0.131. The van der Waals surface area contributed by atoms with Crippen molar-refractivity contribution < 1.29 is 9.18 Å². The summed E-state index contributed by atoms with van der Waals surface area (Å²) >= 11 is 0. The normalized spacial score (nSPS) is 16.2. The van der Waals surface area contributed by atoms with Crippen molar-refractivity contribution in [2.24, 2.45) is 4.99 Å². The number of hydrogen-bond acceptors (Lipinski definition) is 3. The number of carbonyl (C=O) groups excluding carboxylic acids is 1. The molecule has 0 aromatic heterocycles. The number of rotatable bonds is 6. The Morgan fingerprint density at radius 1 is 1.09 bits per heavy atom. The van der Waals surface area contributed by atoms with E-state index in [4.69, 9.17) is 0 Å². The minimum atomic E-state index is -0.194. The Morgan fingerprint density at radius 2 is 1.79 bits per heavy atom. The first kappa shape index (κ1) is 25.3. The van der Waals surface area contributed by atoms with Crippen molar-refractivity contribution in [1.82, 2.24) is 15.5 Å². The van der Waals surface area contributed by atoms with Gasteiger partial charge in [0.15, 0.2) is 5.96 Å². The molecule has 2 heterocycles. The lowest BCUT2D eigenvalue weighted by Gasteiger charge is -2.34. The Morgan fingerprint density at radius 3 is 2.42 bits per heavy atom. The van der Waals surface area contributed by atoms with Crippen LogP contribution >= 0.6 is 24.0 Å². The van der Waals surface area contributed by atoms with Gasteiger partial charge < -0.3 is 20.4 Å². The van der Waals surface area contributed by atoms with E-state index in [-0.39, 0.29) is 35.7 Å². The Kier molecular flexibility index (Phi) is 9.34. The van der Waals surface area contributed by atoms with E-state index in [9.17, 15) is 9.18 Å². The Bertz CT molecular complexity index is 936. The summed E-state index contributed by atoms with van der Waals surface area (Å²) in [5.41, 5.74) is 3.45. The molecule has 1 amide bonds. The van der Waals surface area contributed by atoms with Crippen molar-refractivity contribution in [2.45, 2.75) is 44.8 Å². The van der Waals surface area contributed by atoms with Crippen molar-refractivity contribution >= 4 is 41.5 Å². The first-order valence-corrected chi connectivity index (χ1v) is 11.4. The third kappa shape index (κ3) is 6.82. The number of aliphatic imine (C=N–C) groups is 1. The van der Waals surface area contributed by atoms with E-state index in [0.29, 0.717) is 19.0 Å². The van der Waals surface area contributed by atoms with Crippen LogP contribution in [0.2, 0.25) is 0 Å². The van der Waals surface area contributed by atoms with E-state index < -0.39 is 0 Å². The van der Waals surface area contributed by atoms with Crippen molar-refractivity contribution in [1.29, 1.82) is 0 Å². The van der Waals surface area contributed by atoms with Crippen LogP contribution in [0.15, 0.2) is 53.5 Å². The molecule has 0 spiro atoms. The molecule has 0 radical (unpaired) electrons. The molecule has 2 aromatic carbocycles. The van der Waals surface area contributed by atoms with Gasteiger partial charge in [0.2, 0.25) is 5.91 Å². The molecule has 0 bridgehead atoms. The highest BCUT2D eigenvalue weighted by atomic mass is 127. The number of guanidine groups is 1. The number of nitrogens with zero attached hydrogens (tertiary/aromatic N) is 3. The smallest absolute Gasteiger partial charge is 0.223 e. The average Bonchev–Trinajstić information content (AvgIpc) is 3.26. The molecule has 1 fully saturated rings. The predicted octanol–water partition coefficient (Wildman–Crippen LogP) is 3.90. The molecule has 33 heavy (non-hydrogen) atoms. The molecule has 2 N–H and O–H groups in total. The van der Waals surface area contributed by atoms with Gasteiger partial charge in [0.05, 0.1) is 0 Å². The number of halogens is 2. The fraction of sp³-hybridized carbons (Fsp3) is 0.440. The number of benzene rings is 2. The summed E-state index contributed by atoms with van der Waals surface area (Å²) in [6.07, 6.45) is 3.23. The van der Waals surface area contributed by atoms with Crippen molar-refractivity contribution in [3.8, 4) is 0 Å². The number of amides is 1. The minimum Gasteiger partial charge on any atom is -0.371 e. The summed E-state index contributed by atoms with van der Waals surface area (Å²) in [4.78, 5) is 21.0. The molecule has 1 saturated heterocycles. The fourth-order valence-electron chi connectivity index (χ4n) is 4.46. The lowest BCUT2D eigenvalue weighted by Crippen LogP contribution is -2.49. The summed E-state index contributed by atoms with van der Waals surface area (Å²) in [5.74, 6) is 0.783. The predicted molar refractivity (Wildman–Crippen MR) is 141 cm³/mol. The number of carbonyl (C=O) groups is 1. The van der Waals surface area contributed by atoms with Gasteiger partial charge >= 0.3 is 0 Å². The molecule has 0 unspecified atom stereocenters. The van der Waals surface area contributed by atoms with Crippen molar-refractivity contribution in [3.63, 3.8) is 0 Å². The molecule has 8 heteroatoms. The van der Waals surface area contributed by atoms with Crippen LogP contribution in [0.4, 0.5) is 10.1 Å². The van der Waals surface area contributed by atoms with Crippen LogP contribution in [0.3, 0.4) is 0 Å². The van der Waals surface area contributed by atoms with Gasteiger partial charge in [0, 0.05) is 57.9 Å². The maximum Gasteiger partial charge on any atom is 0.223 e. The van der Waals surface area contributed by atoms with E-state index in [1.165, 1.54) is 17.2 Å². The van der Waals surface area contributed by atoms with Gasteiger partial charge in [0.25, 0.3) is 0 Å². The number of nitrogens with one attached hydrogen (secondary N) is 2. The van der Waals surface area contributed by atoms with Crippen LogP contribution in [0.25, 0.3) is 0 Å². The zero-order valence-corrected chi connectivity index (χ0v) is 21.4. The van der Waals surface area contributed by atoms with Gasteiger partial charge in [-0.05, 0) is 48.6 Å². The van der Waals surface area contributed by atoms with E-state index in [1.807, 2.05) is 23.1 Å². The highest BCUT2D eigenvalue weighted by Crippen LogP contribution is 2.23. The Balaban J connectivity index is 0.00000306. The summed E-state index contributed by atoms with van der Waals surface area (Å²) in [7, 11) is 1.77. The molecule has 6 nitrogen and oxygen atoms in total. The lowest BCUT2D eigenvalue weighted by atomic mass is 10.0. The second-order valence-electron chi connectivity index (χ2n) is 8.51. The van der Waals surface area contributed by atoms with E-state index >= 15 is 0 Å². The van der Waals surface area contributed by atoms with Gasteiger partial charge in [-0.1, -0.05) is 30.3 Å². The Labute approximate surface area is 212 Å². The topological polar surface area (TPSA) is 60.0 Å². The largest absolute Gasteiger partial charge is 0.371 e. The molecule has 2 aliphatic heterocycles. The summed E-state index contributed by atoms with van der Waals surface area (Å²) in [5, 5.41) is 6.82. The average molecular weight is 565 g/mol. The standard InChI is InChI=1S/C25H32FN5O.HI/c1-27-25(29-22-11-14-30(15-12-22)23-9-4-8-21(26)16-23)28-13-5-10-24(32)31-17-19-6-2-3-7-20(19)18-31;/h2-4,6-9,16,22H,5,10-15,17-18H2,1H3,(H2,27,28,29);1H. The highest BCUT2D eigenvalue weighted by Gasteiger charge is 2.23. The zero-order valence-electron chi connectivity index (χ0n) is 19.1. The number of piperidine rings is 1. The quantitative estimate of drug-likeness (QED) is 0.242. The van der Waals surface area contributed by atoms with Gasteiger partial charge in [-0.25, -0.2) is 4.39 Å². The number of anilines is 1. The zero-order chi connectivity index (χ0) is 22.3. The second kappa shape index (κ2) is 12.2. The molecule has 4 rings (SSSR count). The van der Waals surface area contributed by atoms with Crippen LogP contribution in [0.1, 0.15) is 36.8 Å². The highest BCUT2D eigenvalue weighted by molar-refractivity contribution is 14.0. The van der Waals surface area contributed by atoms with Crippen LogP contribution in [0, 0.1) is 5.82 Å². The van der Waals surface area contributed by atoms with Crippen molar-refractivity contribution in [3.05, 3.63) is 65.5 Å². The van der Waals surface area contributed by atoms with Crippen LogP contribution < -0.4 is 15.5 Å². The number of fused-ring (bicyclic) bond motifs is 1. The molecule has 178 valence electrons. The summed E-state index contributed by atoms with van der Waals surface area (Å²) in [6, 6.07) is 15.4. The van der Waals surface area contributed by atoms with Gasteiger partial charge in [-0.2, -0.15) is 0 Å². The molecule has 2 aliphatic rings. The summed E-state index contributed by atoms with van der Waals surface area (Å²) < 4.78 is 13.5. The fourth-order valence-corrected chi connectivity index (χ4v) is 4.46. The maximum atomic E-state index is 13.5. The molecule has 0 atom stereocenters. The monoisotopic (exact) mass is 565 g/mol. The SMILES string of the molecule is CN=C(NCCCC(=O)N1Cc2ccccc2C1)NC1CCN(c2cccc(F)c2)CC1.I. The van der Waals surface area contributed by atoms with Crippen LogP contribution in [-0.4, -0.2) is 49.5 Å². The second-order valence-corrected chi connectivity index (χ2v) is 8.51. The van der Waals surface area contributed by atoms with E-state index in [1.54, 1.807) is 19.2 Å². The third-order valence-corrected chi connectivity index (χ3v) is 6.29. The van der Waals surface area contributed by atoms with Gasteiger partial charge in [-0.3, -0.25) is 9.79 Å². The van der Waals surface area contributed by atoms with E-state index in [2.05, 4.69) is 32.7 Å². The first-order chi connectivity index (χ1) is 15.6. The van der Waals surface area contributed by atoms with E-state index in [0.717, 1.165) is 57.1 Å². The minimum absolute atomic E-state index is 0. The molecular formula is C25H33FIN5O. The van der Waals surface area contributed by atoms with Gasteiger partial charge in [0.1, 0.15) is 5.82 Å². The van der Waals surface area contributed by atoms with Crippen LogP contribution in [-0.2, 0) is 17.9 Å². The molecule has 2 aromatic rings. The first-order valence-electron chi connectivity index (χ1n) is 11.4. The Hall–Kier alpha value is -2.36. The van der Waals surface area contributed by atoms with Crippen LogP contribution in [0.5, 0.6) is 0 Å². The maximum absolute atomic E-state index is 13.5.